The number of aromatic nitrogens is 2. The molecule has 3 N–H and O–H groups in total. The molecule has 20 heavy (non-hydrogen) atoms. The van der Waals surface area contributed by atoms with E-state index in [-0.39, 0.29) is 0 Å². The summed E-state index contributed by atoms with van der Waals surface area (Å²) in [6, 6.07) is 1.95. The number of piperidine rings is 1. The molecule has 5 nitrogen and oxygen atoms in total. The van der Waals surface area contributed by atoms with Crippen LogP contribution in [0.2, 0.25) is 0 Å². The Morgan fingerprint density at radius 2 is 2.05 bits per heavy atom. The summed E-state index contributed by atoms with van der Waals surface area (Å²) in [5.74, 6) is 9.74. The Bertz CT molecular complexity index is 424. The SMILES string of the molecule is CCCc1nc(NN)cc(N2CCC(C(C)C)CC2)n1. The maximum absolute atomic E-state index is 5.52. The standard InChI is InChI=1S/C15H27N5/c1-4-5-13-17-14(19-16)10-15(18-13)20-8-6-12(7-9-20)11(2)3/h10-12H,4-9,16H2,1-3H3,(H,17,18,19). The maximum atomic E-state index is 5.52. The highest BCUT2D eigenvalue weighted by Crippen LogP contribution is 2.27. The van der Waals surface area contributed by atoms with E-state index in [0.29, 0.717) is 5.82 Å². The van der Waals surface area contributed by atoms with Crippen molar-refractivity contribution in [2.24, 2.45) is 17.7 Å². The van der Waals surface area contributed by atoms with Crippen LogP contribution < -0.4 is 16.2 Å². The number of nitrogens with zero attached hydrogens (tertiary/aromatic N) is 3. The fourth-order valence-electron chi connectivity index (χ4n) is 2.85. The molecule has 1 aromatic heterocycles. The molecule has 1 aromatic rings. The number of nitrogens with two attached hydrogens (primary N) is 1. The Balaban J connectivity index is 2.10. The van der Waals surface area contributed by atoms with Crippen LogP contribution in [0.15, 0.2) is 6.07 Å². The molecule has 1 fully saturated rings. The van der Waals surface area contributed by atoms with Crippen LogP contribution in [0, 0.1) is 11.8 Å². The van der Waals surface area contributed by atoms with Crippen LogP contribution >= 0.6 is 0 Å². The predicted octanol–water partition coefficient (Wildman–Crippen LogP) is 2.59. The average Bonchev–Trinajstić information content (AvgIpc) is 2.47. The van der Waals surface area contributed by atoms with Gasteiger partial charge in [0.05, 0.1) is 0 Å². The van der Waals surface area contributed by atoms with Gasteiger partial charge in [0.25, 0.3) is 0 Å². The second kappa shape index (κ2) is 6.88. The highest BCUT2D eigenvalue weighted by atomic mass is 15.3. The number of aryl methyl sites for hydroxylation is 1. The van der Waals surface area contributed by atoms with Crippen molar-refractivity contribution < 1.29 is 0 Å². The smallest absolute Gasteiger partial charge is 0.145 e. The van der Waals surface area contributed by atoms with Crippen LogP contribution in [-0.4, -0.2) is 23.1 Å². The first-order valence-corrected chi connectivity index (χ1v) is 7.73. The molecule has 0 radical (unpaired) electrons. The summed E-state index contributed by atoms with van der Waals surface area (Å²) in [4.78, 5) is 11.5. The molecular formula is C15H27N5. The van der Waals surface area contributed by atoms with E-state index in [1.807, 2.05) is 6.07 Å². The first-order chi connectivity index (χ1) is 9.63. The highest BCUT2D eigenvalue weighted by molar-refractivity contribution is 5.49. The van der Waals surface area contributed by atoms with E-state index in [4.69, 9.17) is 5.84 Å². The van der Waals surface area contributed by atoms with Gasteiger partial charge in [0, 0.05) is 25.6 Å². The van der Waals surface area contributed by atoms with Crippen molar-refractivity contribution in [3.63, 3.8) is 0 Å². The first kappa shape index (κ1) is 15.0. The van der Waals surface area contributed by atoms with Crippen LogP contribution in [-0.2, 0) is 6.42 Å². The fourth-order valence-corrected chi connectivity index (χ4v) is 2.85. The molecule has 0 bridgehead atoms. The molecule has 0 amide bonds. The third kappa shape index (κ3) is 3.60. The zero-order chi connectivity index (χ0) is 14.5. The molecular weight excluding hydrogens is 250 g/mol. The van der Waals surface area contributed by atoms with Crippen molar-refractivity contribution in [3.05, 3.63) is 11.9 Å². The van der Waals surface area contributed by atoms with E-state index in [1.54, 1.807) is 0 Å². The third-order valence-electron chi connectivity index (χ3n) is 4.19. The fraction of sp³-hybridized carbons (Fsp3) is 0.733. The minimum atomic E-state index is 0.712. The summed E-state index contributed by atoms with van der Waals surface area (Å²) in [6.07, 6.45) is 4.43. The van der Waals surface area contributed by atoms with Crippen molar-refractivity contribution in [3.8, 4) is 0 Å². The van der Waals surface area contributed by atoms with Crippen molar-refractivity contribution in [1.29, 1.82) is 0 Å². The number of nitrogen functional groups attached to an aromatic ring is 1. The number of rotatable bonds is 5. The quantitative estimate of drug-likeness (QED) is 0.639. The summed E-state index contributed by atoms with van der Waals surface area (Å²) in [5.41, 5.74) is 2.65. The summed E-state index contributed by atoms with van der Waals surface area (Å²) in [5, 5.41) is 0. The molecule has 0 aromatic carbocycles. The van der Waals surface area contributed by atoms with Crippen molar-refractivity contribution in [1.82, 2.24) is 9.97 Å². The molecule has 112 valence electrons. The van der Waals surface area contributed by atoms with Crippen molar-refractivity contribution >= 4 is 11.6 Å². The summed E-state index contributed by atoms with van der Waals surface area (Å²) in [7, 11) is 0. The van der Waals surface area contributed by atoms with Crippen LogP contribution in [0.4, 0.5) is 11.6 Å². The molecule has 1 aliphatic rings. The van der Waals surface area contributed by atoms with Crippen LogP contribution in [0.1, 0.15) is 45.9 Å². The van der Waals surface area contributed by atoms with Gasteiger partial charge in [-0.1, -0.05) is 20.8 Å². The van der Waals surface area contributed by atoms with Gasteiger partial charge in [0.2, 0.25) is 0 Å². The number of hydrazine groups is 1. The molecule has 1 aliphatic heterocycles. The average molecular weight is 277 g/mol. The lowest BCUT2D eigenvalue weighted by Gasteiger charge is -2.34. The monoisotopic (exact) mass is 277 g/mol. The summed E-state index contributed by atoms with van der Waals surface area (Å²) < 4.78 is 0. The second-order valence-corrected chi connectivity index (χ2v) is 5.99. The molecule has 5 heteroatoms. The number of hydrogen-bond donors (Lipinski definition) is 2. The van der Waals surface area contributed by atoms with E-state index < -0.39 is 0 Å². The van der Waals surface area contributed by atoms with Gasteiger partial charge in [-0.2, -0.15) is 0 Å². The molecule has 1 saturated heterocycles. The number of anilines is 2. The topological polar surface area (TPSA) is 67.1 Å². The van der Waals surface area contributed by atoms with E-state index in [9.17, 15) is 0 Å². The zero-order valence-electron chi connectivity index (χ0n) is 12.9. The van der Waals surface area contributed by atoms with Crippen molar-refractivity contribution in [2.45, 2.75) is 46.5 Å². The minimum Gasteiger partial charge on any atom is -0.356 e. The van der Waals surface area contributed by atoms with Gasteiger partial charge in [-0.3, -0.25) is 0 Å². The van der Waals surface area contributed by atoms with E-state index in [2.05, 4.69) is 41.1 Å². The zero-order valence-corrected chi connectivity index (χ0v) is 12.9. The molecule has 0 spiro atoms. The molecule has 0 atom stereocenters. The Kier molecular flexibility index (Phi) is 5.17. The Morgan fingerprint density at radius 3 is 2.60 bits per heavy atom. The third-order valence-corrected chi connectivity index (χ3v) is 4.19. The predicted molar refractivity (Wildman–Crippen MR) is 83.6 cm³/mol. The second-order valence-electron chi connectivity index (χ2n) is 5.99. The van der Waals surface area contributed by atoms with Gasteiger partial charge < -0.3 is 10.3 Å². The molecule has 0 unspecified atom stereocenters. The Hall–Kier alpha value is -1.36. The van der Waals surface area contributed by atoms with Crippen LogP contribution in [0.25, 0.3) is 0 Å². The lowest BCUT2D eigenvalue weighted by atomic mass is 9.87. The first-order valence-electron chi connectivity index (χ1n) is 7.73. The molecule has 2 heterocycles. The highest BCUT2D eigenvalue weighted by Gasteiger charge is 2.22. The molecule has 0 saturated carbocycles. The minimum absolute atomic E-state index is 0.712. The van der Waals surface area contributed by atoms with Gasteiger partial charge in [-0.05, 0) is 31.1 Å². The van der Waals surface area contributed by atoms with Crippen LogP contribution in [0.5, 0.6) is 0 Å². The molecule has 2 rings (SSSR count). The van der Waals surface area contributed by atoms with Crippen LogP contribution in [0.3, 0.4) is 0 Å². The van der Waals surface area contributed by atoms with E-state index in [1.165, 1.54) is 12.8 Å². The van der Waals surface area contributed by atoms with Gasteiger partial charge in [-0.25, -0.2) is 15.8 Å². The normalized spacial score (nSPS) is 16.8. The van der Waals surface area contributed by atoms with Gasteiger partial charge in [-0.15, -0.1) is 0 Å². The summed E-state index contributed by atoms with van der Waals surface area (Å²) in [6.45, 7) is 8.94. The number of hydrogen-bond acceptors (Lipinski definition) is 5. The van der Waals surface area contributed by atoms with Gasteiger partial charge in [0.1, 0.15) is 17.5 Å². The lowest BCUT2D eigenvalue weighted by molar-refractivity contribution is 0.310. The number of nitrogens with one attached hydrogen (secondary N) is 1. The Morgan fingerprint density at radius 1 is 1.35 bits per heavy atom. The Labute approximate surface area is 121 Å². The van der Waals surface area contributed by atoms with Gasteiger partial charge in [0.15, 0.2) is 0 Å². The van der Waals surface area contributed by atoms with Gasteiger partial charge >= 0.3 is 0 Å². The van der Waals surface area contributed by atoms with E-state index >= 15 is 0 Å². The molecule has 0 aliphatic carbocycles. The van der Waals surface area contributed by atoms with Crippen molar-refractivity contribution in [2.75, 3.05) is 23.4 Å². The lowest BCUT2D eigenvalue weighted by Crippen LogP contribution is -2.36. The van der Waals surface area contributed by atoms with E-state index in [0.717, 1.165) is 49.4 Å². The largest absolute Gasteiger partial charge is 0.356 e. The maximum Gasteiger partial charge on any atom is 0.145 e. The summed E-state index contributed by atoms with van der Waals surface area (Å²) >= 11 is 0.